The van der Waals surface area contributed by atoms with Gasteiger partial charge in [0, 0.05) is 0 Å². The van der Waals surface area contributed by atoms with Crippen LogP contribution in [0.1, 0.15) is 12.0 Å². The molecule has 0 saturated heterocycles. The Bertz CT molecular complexity index is 285. The predicted octanol–water partition coefficient (Wildman–Crippen LogP) is 2.60. The molecule has 1 heteroatoms. The van der Waals surface area contributed by atoms with Crippen LogP contribution in [0.4, 0.5) is 0 Å². The quantitative estimate of drug-likeness (QED) is 0.696. The Morgan fingerprint density at radius 3 is 2.62 bits per heavy atom. The van der Waals surface area contributed by atoms with E-state index >= 15 is 0 Å². The van der Waals surface area contributed by atoms with Crippen LogP contribution < -0.4 is 5.73 Å². The average Bonchev–Trinajstić information content (AvgIpc) is 2.17. The van der Waals surface area contributed by atoms with Crippen LogP contribution in [0.2, 0.25) is 0 Å². The number of rotatable bonds is 4. The summed E-state index contributed by atoms with van der Waals surface area (Å²) in [5.74, 6) is 0. The summed E-state index contributed by atoms with van der Waals surface area (Å²) in [7, 11) is 0. The lowest BCUT2D eigenvalue weighted by Crippen LogP contribution is -1.98. The number of nitrogens with two attached hydrogens (primary N) is 1. The van der Waals surface area contributed by atoms with Gasteiger partial charge in [-0.1, -0.05) is 54.6 Å². The zero-order chi connectivity index (χ0) is 9.52. The van der Waals surface area contributed by atoms with Gasteiger partial charge >= 0.3 is 0 Å². The summed E-state index contributed by atoms with van der Waals surface area (Å²) in [6.07, 6.45) is 4.93. The first-order valence-corrected chi connectivity index (χ1v) is 4.44. The molecule has 1 rings (SSSR count). The fraction of sp³-hybridized carbons (Fsp3) is 0.167. The van der Waals surface area contributed by atoms with Crippen LogP contribution in [0.5, 0.6) is 0 Å². The molecule has 0 saturated carbocycles. The van der Waals surface area contributed by atoms with Crippen LogP contribution in [-0.4, -0.2) is 6.54 Å². The highest BCUT2D eigenvalue weighted by Gasteiger charge is 1.86. The third-order valence-electron chi connectivity index (χ3n) is 1.78. The molecule has 0 aliphatic heterocycles. The molecule has 0 aliphatic carbocycles. The molecular weight excluding hydrogens is 158 g/mol. The molecule has 1 aromatic rings. The molecule has 0 unspecified atom stereocenters. The van der Waals surface area contributed by atoms with E-state index in [1.165, 1.54) is 5.56 Å². The molecule has 0 atom stereocenters. The second-order valence-electron chi connectivity index (χ2n) is 2.94. The van der Waals surface area contributed by atoms with Crippen molar-refractivity contribution < 1.29 is 0 Å². The predicted molar refractivity (Wildman–Crippen MR) is 58.3 cm³/mol. The standard InChI is InChI=1S/C12H15N/c1-11(9-10-13)7-8-12-5-3-2-4-6-12/h2-8H,1,9-10,13H2. The third kappa shape index (κ3) is 3.72. The molecule has 2 N–H and O–H groups in total. The van der Waals surface area contributed by atoms with Crippen LogP contribution in [0, 0.1) is 0 Å². The van der Waals surface area contributed by atoms with Gasteiger partial charge in [0.15, 0.2) is 0 Å². The van der Waals surface area contributed by atoms with Crippen LogP contribution >= 0.6 is 0 Å². The van der Waals surface area contributed by atoms with Crippen molar-refractivity contribution in [2.24, 2.45) is 5.73 Å². The highest BCUT2D eigenvalue weighted by Crippen LogP contribution is 2.05. The van der Waals surface area contributed by atoms with E-state index in [0.29, 0.717) is 6.54 Å². The lowest BCUT2D eigenvalue weighted by Gasteiger charge is -1.95. The first kappa shape index (κ1) is 9.75. The van der Waals surface area contributed by atoms with Crippen LogP contribution in [0.15, 0.2) is 48.6 Å². The molecule has 0 aromatic heterocycles. The first-order valence-electron chi connectivity index (χ1n) is 4.44. The molecule has 0 fully saturated rings. The van der Waals surface area contributed by atoms with Crippen molar-refractivity contribution in [1.29, 1.82) is 0 Å². The summed E-state index contributed by atoms with van der Waals surface area (Å²) < 4.78 is 0. The number of benzene rings is 1. The molecule has 0 amide bonds. The van der Waals surface area contributed by atoms with Crippen molar-refractivity contribution in [2.75, 3.05) is 6.54 Å². The van der Waals surface area contributed by atoms with Gasteiger partial charge in [-0.3, -0.25) is 0 Å². The van der Waals surface area contributed by atoms with Gasteiger partial charge in [-0.15, -0.1) is 0 Å². The summed E-state index contributed by atoms with van der Waals surface area (Å²) in [6, 6.07) is 10.2. The number of hydrogen-bond acceptors (Lipinski definition) is 1. The minimum absolute atomic E-state index is 0.665. The van der Waals surface area contributed by atoms with Crippen molar-refractivity contribution in [1.82, 2.24) is 0 Å². The molecule has 1 nitrogen and oxygen atoms in total. The molecule has 68 valence electrons. The highest BCUT2D eigenvalue weighted by atomic mass is 14.5. The lowest BCUT2D eigenvalue weighted by molar-refractivity contribution is 0.978. The Hall–Kier alpha value is -1.34. The largest absolute Gasteiger partial charge is 0.330 e. The van der Waals surface area contributed by atoms with E-state index < -0.39 is 0 Å². The zero-order valence-electron chi connectivity index (χ0n) is 7.74. The van der Waals surface area contributed by atoms with Crippen molar-refractivity contribution in [2.45, 2.75) is 6.42 Å². The van der Waals surface area contributed by atoms with E-state index in [-0.39, 0.29) is 0 Å². The first-order chi connectivity index (χ1) is 6.33. The van der Waals surface area contributed by atoms with Crippen LogP contribution in [0.25, 0.3) is 6.08 Å². The Labute approximate surface area is 79.6 Å². The number of allylic oxidation sites excluding steroid dienone is 1. The van der Waals surface area contributed by atoms with Gasteiger partial charge in [0.25, 0.3) is 0 Å². The van der Waals surface area contributed by atoms with E-state index in [1.807, 2.05) is 24.3 Å². The third-order valence-corrected chi connectivity index (χ3v) is 1.78. The Morgan fingerprint density at radius 2 is 2.00 bits per heavy atom. The van der Waals surface area contributed by atoms with Gasteiger partial charge in [0.05, 0.1) is 0 Å². The van der Waals surface area contributed by atoms with E-state index in [4.69, 9.17) is 5.73 Å². The van der Waals surface area contributed by atoms with Crippen molar-refractivity contribution in [3.8, 4) is 0 Å². The van der Waals surface area contributed by atoms with Crippen molar-refractivity contribution in [3.63, 3.8) is 0 Å². The zero-order valence-corrected chi connectivity index (χ0v) is 7.74. The van der Waals surface area contributed by atoms with Gasteiger partial charge in [0.1, 0.15) is 0 Å². The molecule has 0 bridgehead atoms. The monoisotopic (exact) mass is 173 g/mol. The van der Waals surface area contributed by atoms with Crippen molar-refractivity contribution >= 4 is 6.08 Å². The fourth-order valence-corrected chi connectivity index (χ4v) is 1.05. The molecule has 0 radical (unpaired) electrons. The van der Waals surface area contributed by atoms with Gasteiger partial charge in [0.2, 0.25) is 0 Å². The minimum Gasteiger partial charge on any atom is -0.330 e. The maximum absolute atomic E-state index is 5.40. The van der Waals surface area contributed by atoms with E-state index in [2.05, 4.69) is 24.8 Å². The topological polar surface area (TPSA) is 26.0 Å². The maximum Gasteiger partial charge on any atom is -0.00369 e. The van der Waals surface area contributed by atoms with Gasteiger partial charge in [-0.25, -0.2) is 0 Å². The Morgan fingerprint density at radius 1 is 1.31 bits per heavy atom. The van der Waals surface area contributed by atoms with Crippen LogP contribution in [0.3, 0.4) is 0 Å². The highest BCUT2D eigenvalue weighted by molar-refractivity contribution is 5.52. The summed E-state index contributed by atoms with van der Waals surface area (Å²) in [6.45, 7) is 4.56. The Balaban J connectivity index is 2.54. The lowest BCUT2D eigenvalue weighted by atomic mass is 10.1. The summed E-state index contributed by atoms with van der Waals surface area (Å²) in [5.41, 5.74) is 7.67. The SMILES string of the molecule is C=C(C=Cc1ccccc1)CCN. The van der Waals surface area contributed by atoms with E-state index in [9.17, 15) is 0 Å². The molecule has 0 heterocycles. The summed E-state index contributed by atoms with van der Waals surface area (Å²) >= 11 is 0. The van der Waals surface area contributed by atoms with E-state index in [0.717, 1.165) is 12.0 Å². The normalized spacial score (nSPS) is 10.5. The smallest absolute Gasteiger partial charge is 0.00369 e. The number of hydrogen-bond donors (Lipinski definition) is 1. The van der Waals surface area contributed by atoms with Crippen LogP contribution in [-0.2, 0) is 0 Å². The van der Waals surface area contributed by atoms with Gasteiger partial charge < -0.3 is 5.73 Å². The van der Waals surface area contributed by atoms with Gasteiger partial charge in [-0.05, 0) is 18.5 Å². The molecule has 1 aromatic carbocycles. The molecule has 0 spiro atoms. The second-order valence-corrected chi connectivity index (χ2v) is 2.94. The summed E-state index contributed by atoms with van der Waals surface area (Å²) in [4.78, 5) is 0. The average molecular weight is 173 g/mol. The maximum atomic E-state index is 5.40. The molecular formula is C12H15N. The summed E-state index contributed by atoms with van der Waals surface area (Å²) in [5, 5.41) is 0. The minimum atomic E-state index is 0.665. The fourth-order valence-electron chi connectivity index (χ4n) is 1.05. The molecule has 13 heavy (non-hydrogen) atoms. The van der Waals surface area contributed by atoms with E-state index in [1.54, 1.807) is 0 Å². The molecule has 0 aliphatic rings. The Kier molecular flexibility index (Phi) is 4.00. The van der Waals surface area contributed by atoms with Gasteiger partial charge in [-0.2, -0.15) is 0 Å². The van der Waals surface area contributed by atoms with Crippen molar-refractivity contribution in [3.05, 3.63) is 54.1 Å². The second kappa shape index (κ2) is 5.33.